The quantitative estimate of drug-likeness (QED) is 0.611. The summed E-state index contributed by atoms with van der Waals surface area (Å²) in [5, 5.41) is 3.95. The summed E-state index contributed by atoms with van der Waals surface area (Å²) in [6, 6.07) is 9.34. The molecule has 0 aliphatic heterocycles. The van der Waals surface area contributed by atoms with Crippen LogP contribution in [0.3, 0.4) is 0 Å². The Morgan fingerprint density at radius 3 is 2.50 bits per heavy atom. The van der Waals surface area contributed by atoms with Crippen LogP contribution < -0.4 is 19.6 Å². The number of benzene rings is 2. The lowest BCUT2D eigenvalue weighted by molar-refractivity contribution is -0.123. The van der Waals surface area contributed by atoms with Crippen LogP contribution in [0.5, 0.6) is 17.2 Å². The zero-order valence-corrected chi connectivity index (χ0v) is 15.8. The van der Waals surface area contributed by atoms with Crippen LogP contribution in [0.15, 0.2) is 35.4 Å². The molecular weight excluding hydrogens is 332 g/mol. The molecule has 138 valence electrons. The number of hydrogen-bond acceptors (Lipinski definition) is 5. The third-order valence-corrected chi connectivity index (χ3v) is 4.05. The molecule has 1 N–H and O–H groups in total. The fourth-order valence-electron chi connectivity index (χ4n) is 2.42. The van der Waals surface area contributed by atoms with Crippen molar-refractivity contribution >= 4 is 12.1 Å². The first-order chi connectivity index (χ1) is 12.5. The predicted molar refractivity (Wildman–Crippen MR) is 101 cm³/mol. The highest BCUT2D eigenvalue weighted by Crippen LogP contribution is 2.25. The van der Waals surface area contributed by atoms with Crippen molar-refractivity contribution in [2.75, 3.05) is 20.8 Å². The molecule has 0 saturated heterocycles. The van der Waals surface area contributed by atoms with Gasteiger partial charge >= 0.3 is 0 Å². The van der Waals surface area contributed by atoms with E-state index in [9.17, 15) is 4.79 Å². The van der Waals surface area contributed by atoms with Crippen LogP contribution in [0.25, 0.3) is 0 Å². The molecule has 0 atom stereocenters. The maximum atomic E-state index is 12.0. The minimum atomic E-state index is -0.339. The third-order valence-electron chi connectivity index (χ3n) is 4.05. The lowest BCUT2D eigenvalue weighted by Gasteiger charge is -2.13. The molecule has 0 spiro atoms. The van der Waals surface area contributed by atoms with Crippen molar-refractivity contribution in [3.05, 3.63) is 52.6 Å². The Labute approximate surface area is 153 Å². The van der Waals surface area contributed by atoms with E-state index in [1.165, 1.54) is 6.21 Å². The summed E-state index contributed by atoms with van der Waals surface area (Å²) in [4.78, 5) is 12.0. The number of hydrogen-bond donors (Lipinski definition) is 1. The standard InChI is InChI=1S/C20H24N2O4/c1-13-6-7-14(2)20(15(13)3)26-12-19(23)22-21-11-16-8-9-17(24-4)10-18(16)25-5/h6-11H,12H2,1-5H3,(H,22,23)/b21-11-. The fraction of sp³-hybridized carbons (Fsp3) is 0.300. The maximum absolute atomic E-state index is 12.0. The second-order valence-electron chi connectivity index (χ2n) is 5.84. The topological polar surface area (TPSA) is 69.2 Å². The van der Waals surface area contributed by atoms with Gasteiger partial charge in [0.15, 0.2) is 6.61 Å². The molecule has 0 unspecified atom stereocenters. The molecule has 26 heavy (non-hydrogen) atoms. The van der Waals surface area contributed by atoms with Crippen molar-refractivity contribution < 1.29 is 19.0 Å². The summed E-state index contributed by atoms with van der Waals surface area (Å²) in [5.41, 5.74) is 6.32. The highest BCUT2D eigenvalue weighted by atomic mass is 16.5. The number of nitrogens with zero attached hydrogens (tertiary/aromatic N) is 1. The molecule has 2 aromatic carbocycles. The summed E-state index contributed by atoms with van der Waals surface area (Å²) >= 11 is 0. The third kappa shape index (κ3) is 4.75. The number of ether oxygens (including phenoxy) is 3. The number of rotatable bonds is 7. The first kappa shape index (κ1) is 19.3. The fourth-order valence-corrected chi connectivity index (χ4v) is 2.42. The van der Waals surface area contributed by atoms with Crippen LogP contribution in [-0.4, -0.2) is 32.9 Å². The molecular formula is C20H24N2O4. The van der Waals surface area contributed by atoms with E-state index in [0.717, 1.165) is 28.0 Å². The summed E-state index contributed by atoms with van der Waals surface area (Å²) in [6.07, 6.45) is 1.51. The molecule has 0 bridgehead atoms. The van der Waals surface area contributed by atoms with Crippen LogP contribution in [0.2, 0.25) is 0 Å². The van der Waals surface area contributed by atoms with E-state index in [0.29, 0.717) is 11.5 Å². The van der Waals surface area contributed by atoms with Gasteiger partial charge < -0.3 is 14.2 Å². The van der Waals surface area contributed by atoms with E-state index in [2.05, 4.69) is 10.5 Å². The monoisotopic (exact) mass is 356 g/mol. The van der Waals surface area contributed by atoms with Crippen LogP contribution in [0, 0.1) is 20.8 Å². The lowest BCUT2D eigenvalue weighted by atomic mass is 10.1. The molecule has 2 aromatic rings. The molecule has 2 rings (SSSR count). The van der Waals surface area contributed by atoms with E-state index >= 15 is 0 Å². The van der Waals surface area contributed by atoms with Crippen molar-refractivity contribution in [3.8, 4) is 17.2 Å². The van der Waals surface area contributed by atoms with Crippen molar-refractivity contribution in [1.82, 2.24) is 5.43 Å². The number of aryl methyl sites for hydroxylation is 2. The van der Waals surface area contributed by atoms with Gasteiger partial charge in [-0.25, -0.2) is 5.43 Å². The maximum Gasteiger partial charge on any atom is 0.277 e. The van der Waals surface area contributed by atoms with Gasteiger partial charge in [-0.3, -0.25) is 4.79 Å². The van der Waals surface area contributed by atoms with Crippen LogP contribution >= 0.6 is 0 Å². The van der Waals surface area contributed by atoms with Gasteiger partial charge in [0, 0.05) is 11.6 Å². The average molecular weight is 356 g/mol. The van der Waals surface area contributed by atoms with E-state index in [-0.39, 0.29) is 12.5 Å². The second-order valence-corrected chi connectivity index (χ2v) is 5.84. The lowest BCUT2D eigenvalue weighted by Crippen LogP contribution is -2.25. The normalized spacial score (nSPS) is 10.7. The number of carbonyl (C=O) groups excluding carboxylic acids is 1. The number of carbonyl (C=O) groups is 1. The van der Waals surface area contributed by atoms with Crippen molar-refractivity contribution in [2.45, 2.75) is 20.8 Å². The number of nitrogens with one attached hydrogen (secondary N) is 1. The average Bonchev–Trinajstić information content (AvgIpc) is 2.65. The molecule has 0 aliphatic rings. The van der Waals surface area contributed by atoms with E-state index < -0.39 is 0 Å². The van der Waals surface area contributed by atoms with Crippen molar-refractivity contribution in [3.63, 3.8) is 0 Å². The highest BCUT2D eigenvalue weighted by molar-refractivity contribution is 5.85. The minimum Gasteiger partial charge on any atom is -0.497 e. The molecule has 1 amide bonds. The van der Waals surface area contributed by atoms with Crippen LogP contribution in [0.1, 0.15) is 22.3 Å². The summed E-state index contributed by atoms with van der Waals surface area (Å²) in [5.74, 6) is 1.68. The van der Waals surface area contributed by atoms with E-state index in [4.69, 9.17) is 14.2 Å². The van der Waals surface area contributed by atoms with Gasteiger partial charge in [0.1, 0.15) is 17.2 Å². The Balaban J connectivity index is 1.95. The smallest absolute Gasteiger partial charge is 0.277 e. The Morgan fingerprint density at radius 2 is 1.81 bits per heavy atom. The second kappa shape index (κ2) is 8.89. The Bertz CT molecular complexity index is 816. The first-order valence-corrected chi connectivity index (χ1v) is 8.19. The number of amides is 1. The Hall–Kier alpha value is -3.02. The minimum absolute atomic E-state index is 0.109. The highest BCUT2D eigenvalue weighted by Gasteiger charge is 2.09. The van der Waals surface area contributed by atoms with Gasteiger partial charge in [-0.15, -0.1) is 0 Å². The largest absolute Gasteiger partial charge is 0.497 e. The van der Waals surface area contributed by atoms with Crippen LogP contribution in [-0.2, 0) is 4.79 Å². The van der Waals surface area contributed by atoms with Crippen molar-refractivity contribution in [1.29, 1.82) is 0 Å². The van der Waals surface area contributed by atoms with Gasteiger partial charge in [0.25, 0.3) is 5.91 Å². The molecule has 0 heterocycles. The predicted octanol–water partition coefficient (Wildman–Crippen LogP) is 3.16. The first-order valence-electron chi connectivity index (χ1n) is 8.19. The Morgan fingerprint density at radius 1 is 1.08 bits per heavy atom. The molecule has 0 aliphatic carbocycles. The summed E-state index contributed by atoms with van der Waals surface area (Å²) < 4.78 is 16.1. The van der Waals surface area contributed by atoms with Crippen LogP contribution in [0.4, 0.5) is 0 Å². The summed E-state index contributed by atoms with van der Waals surface area (Å²) in [7, 11) is 3.14. The van der Waals surface area contributed by atoms with E-state index in [1.54, 1.807) is 32.4 Å². The molecule has 6 heteroatoms. The molecule has 6 nitrogen and oxygen atoms in total. The number of hydrazone groups is 1. The molecule has 0 aromatic heterocycles. The SMILES string of the molecule is COc1ccc(/C=N\NC(=O)COc2c(C)ccc(C)c2C)c(OC)c1. The van der Waals surface area contributed by atoms with Crippen molar-refractivity contribution in [2.24, 2.45) is 5.10 Å². The zero-order chi connectivity index (χ0) is 19.1. The number of methoxy groups -OCH3 is 2. The Kier molecular flexibility index (Phi) is 6.60. The van der Waals surface area contributed by atoms with Gasteiger partial charge in [0.05, 0.1) is 20.4 Å². The summed E-state index contributed by atoms with van der Waals surface area (Å²) in [6.45, 7) is 5.83. The van der Waals surface area contributed by atoms with Gasteiger partial charge in [-0.1, -0.05) is 12.1 Å². The van der Waals surface area contributed by atoms with E-state index in [1.807, 2.05) is 32.9 Å². The van der Waals surface area contributed by atoms with Gasteiger partial charge in [-0.05, 0) is 49.6 Å². The molecule has 0 fully saturated rings. The van der Waals surface area contributed by atoms with Gasteiger partial charge in [0.2, 0.25) is 0 Å². The molecule has 0 saturated carbocycles. The molecule has 0 radical (unpaired) electrons. The van der Waals surface area contributed by atoms with Gasteiger partial charge in [-0.2, -0.15) is 5.10 Å². The zero-order valence-electron chi connectivity index (χ0n) is 15.8.